The maximum absolute atomic E-state index is 6.19. The summed E-state index contributed by atoms with van der Waals surface area (Å²) in [4.78, 5) is 9.03. The van der Waals surface area contributed by atoms with Crippen molar-refractivity contribution in [3.63, 3.8) is 0 Å². The molecule has 5 rings (SSSR count). The lowest BCUT2D eigenvalue weighted by Gasteiger charge is -2.02. The second-order valence-electron chi connectivity index (χ2n) is 5.94. The van der Waals surface area contributed by atoms with Gasteiger partial charge in [0.1, 0.15) is 0 Å². The summed E-state index contributed by atoms with van der Waals surface area (Å²) >= 11 is 6.19. The molecule has 10 heteroatoms. The molecule has 5 aromatic rings. The fourth-order valence-electron chi connectivity index (χ4n) is 2.84. The molecule has 0 amide bonds. The van der Waals surface area contributed by atoms with Gasteiger partial charge in [-0.1, -0.05) is 21.3 Å². The van der Waals surface area contributed by atoms with Crippen LogP contribution in [0.3, 0.4) is 0 Å². The summed E-state index contributed by atoms with van der Waals surface area (Å²) in [5.41, 5.74) is 3.77. The molecule has 0 spiro atoms. The first-order valence-electron chi connectivity index (χ1n) is 7.90. The number of halogens is 1. The zero-order valence-electron chi connectivity index (χ0n) is 13.7. The Hall–Kier alpha value is -3.33. The van der Waals surface area contributed by atoms with E-state index in [2.05, 4.69) is 25.4 Å². The van der Waals surface area contributed by atoms with E-state index >= 15 is 0 Å². The molecule has 0 bridgehead atoms. The molecule has 5 aromatic heterocycles. The summed E-state index contributed by atoms with van der Waals surface area (Å²) in [6.07, 6.45) is 11.1. The molecule has 128 valence electrons. The lowest BCUT2D eigenvalue weighted by Crippen LogP contribution is -2.27. The van der Waals surface area contributed by atoms with Crippen molar-refractivity contribution in [2.45, 2.75) is 6.54 Å². The van der Waals surface area contributed by atoms with E-state index in [0.29, 0.717) is 23.0 Å². The fourth-order valence-corrected chi connectivity index (χ4v) is 3.03. The normalized spacial score (nSPS) is 11.6. The average Bonchev–Trinajstić information content (AvgIpc) is 3.35. The van der Waals surface area contributed by atoms with Gasteiger partial charge in [-0.15, -0.1) is 9.61 Å². The van der Waals surface area contributed by atoms with Gasteiger partial charge in [-0.05, 0) is 0 Å². The standard InChI is InChI=1S/C16H13ClN9/c1-23-10-12(6-19-23)13-7-18-15-16(20-13)25(22-21-15)8-11-2-4-24-5-3-14(17)26(24)9-11/h2-7,9-10H,8H2,1H3/q+1. The van der Waals surface area contributed by atoms with Crippen LogP contribution in [-0.2, 0) is 13.6 Å². The summed E-state index contributed by atoms with van der Waals surface area (Å²) in [5.74, 6) is 0. The second-order valence-corrected chi connectivity index (χ2v) is 6.32. The molecule has 0 aliphatic carbocycles. The minimum Gasteiger partial charge on any atom is -0.275 e. The van der Waals surface area contributed by atoms with E-state index in [1.807, 2.05) is 53.0 Å². The predicted molar refractivity (Wildman–Crippen MR) is 92.5 cm³/mol. The highest BCUT2D eigenvalue weighted by Crippen LogP contribution is 2.17. The Morgan fingerprint density at radius 3 is 2.88 bits per heavy atom. The van der Waals surface area contributed by atoms with Crippen molar-refractivity contribution in [2.75, 3.05) is 0 Å². The lowest BCUT2D eigenvalue weighted by molar-refractivity contribution is -0.617. The maximum atomic E-state index is 6.19. The van der Waals surface area contributed by atoms with Crippen molar-refractivity contribution in [1.29, 1.82) is 0 Å². The summed E-state index contributed by atoms with van der Waals surface area (Å²) < 4.78 is 7.20. The van der Waals surface area contributed by atoms with Crippen LogP contribution in [0.5, 0.6) is 0 Å². The van der Waals surface area contributed by atoms with Crippen LogP contribution in [0.4, 0.5) is 0 Å². The van der Waals surface area contributed by atoms with E-state index in [-0.39, 0.29) is 0 Å². The third kappa shape index (κ3) is 2.40. The predicted octanol–water partition coefficient (Wildman–Crippen LogP) is 1.16. The Labute approximate surface area is 152 Å². The summed E-state index contributed by atoms with van der Waals surface area (Å²) in [6.45, 7) is 0.507. The van der Waals surface area contributed by atoms with Crippen molar-refractivity contribution in [2.24, 2.45) is 7.05 Å². The van der Waals surface area contributed by atoms with E-state index in [9.17, 15) is 0 Å². The number of rotatable bonds is 3. The van der Waals surface area contributed by atoms with Crippen molar-refractivity contribution >= 4 is 22.9 Å². The first kappa shape index (κ1) is 15.0. The van der Waals surface area contributed by atoms with E-state index in [0.717, 1.165) is 16.8 Å². The monoisotopic (exact) mass is 366 g/mol. The van der Waals surface area contributed by atoms with Gasteiger partial charge in [0.05, 0.1) is 30.8 Å². The van der Waals surface area contributed by atoms with Crippen molar-refractivity contribution < 1.29 is 4.52 Å². The molecule has 0 aromatic carbocycles. The summed E-state index contributed by atoms with van der Waals surface area (Å²) in [6, 6.07) is 3.84. The van der Waals surface area contributed by atoms with E-state index in [4.69, 9.17) is 11.6 Å². The number of nitrogens with zero attached hydrogens (tertiary/aromatic N) is 9. The van der Waals surface area contributed by atoms with Crippen molar-refractivity contribution in [3.8, 4) is 11.3 Å². The van der Waals surface area contributed by atoms with Crippen LogP contribution in [0.25, 0.3) is 22.6 Å². The lowest BCUT2D eigenvalue weighted by atomic mass is 10.3. The van der Waals surface area contributed by atoms with Gasteiger partial charge in [0.25, 0.3) is 0 Å². The Morgan fingerprint density at radius 1 is 1.15 bits per heavy atom. The highest BCUT2D eigenvalue weighted by atomic mass is 35.5. The minimum absolute atomic E-state index is 0.507. The zero-order valence-corrected chi connectivity index (χ0v) is 14.5. The van der Waals surface area contributed by atoms with Gasteiger partial charge >= 0.3 is 0 Å². The van der Waals surface area contributed by atoms with Crippen LogP contribution in [0.15, 0.2) is 49.3 Å². The largest absolute Gasteiger partial charge is 0.275 e. The van der Waals surface area contributed by atoms with Gasteiger partial charge < -0.3 is 0 Å². The van der Waals surface area contributed by atoms with Crippen LogP contribution < -0.4 is 4.52 Å². The van der Waals surface area contributed by atoms with Gasteiger partial charge in [-0.2, -0.15) is 5.10 Å². The summed E-state index contributed by atoms with van der Waals surface area (Å²) in [5, 5.41) is 13.1. The van der Waals surface area contributed by atoms with Gasteiger partial charge in [0, 0.05) is 36.5 Å². The van der Waals surface area contributed by atoms with Crippen LogP contribution in [0.2, 0.25) is 5.15 Å². The second kappa shape index (κ2) is 5.60. The van der Waals surface area contributed by atoms with Gasteiger partial charge in [0.15, 0.2) is 10.8 Å². The number of fused-ring (bicyclic) bond motifs is 2. The average molecular weight is 367 g/mol. The molecular weight excluding hydrogens is 354 g/mol. The molecule has 0 saturated carbocycles. The first-order chi connectivity index (χ1) is 12.7. The molecule has 9 nitrogen and oxygen atoms in total. The molecule has 0 unspecified atom stereocenters. The highest BCUT2D eigenvalue weighted by Gasteiger charge is 2.13. The van der Waals surface area contributed by atoms with Crippen molar-refractivity contribution in [1.82, 2.24) is 39.3 Å². The van der Waals surface area contributed by atoms with Gasteiger partial charge in [0.2, 0.25) is 18.0 Å². The third-order valence-electron chi connectivity index (χ3n) is 4.12. The molecule has 0 saturated heterocycles. The van der Waals surface area contributed by atoms with Crippen molar-refractivity contribution in [3.05, 3.63) is 60.0 Å². The fraction of sp³-hybridized carbons (Fsp3) is 0.125. The van der Waals surface area contributed by atoms with Crippen LogP contribution in [0.1, 0.15) is 5.56 Å². The van der Waals surface area contributed by atoms with Gasteiger partial charge in [-0.25, -0.2) is 14.6 Å². The van der Waals surface area contributed by atoms with Crippen LogP contribution in [-0.4, -0.2) is 39.3 Å². The molecule has 0 radical (unpaired) electrons. The topological polar surface area (TPSA) is 82.8 Å². The Morgan fingerprint density at radius 2 is 2.04 bits per heavy atom. The first-order valence-corrected chi connectivity index (χ1v) is 8.27. The number of hydrogen-bond acceptors (Lipinski definition) is 5. The molecule has 26 heavy (non-hydrogen) atoms. The number of hydrogen-bond donors (Lipinski definition) is 0. The van der Waals surface area contributed by atoms with E-state index < -0.39 is 0 Å². The molecule has 5 heterocycles. The van der Waals surface area contributed by atoms with Crippen LogP contribution >= 0.6 is 11.6 Å². The molecular formula is C16H13ClN9+. The zero-order chi connectivity index (χ0) is 17.7. The van der Waals surface area contributed by atoms with Gasteiger partial charge in [-0.3, -0.25) is 4.68 Å². The third-order valence-corrected chi connectivity index (χ3v) is 4.42. The van der Waals surface area contributed by atoms with E-state index in [1.54, 1.807) is 21.8 Å². The number of aromatic nitrogens is 9. The van der Waals surface area contributed by atoms with Crippen LogP contribution in [0, 0.1) is 0 Å². The smallest absolute Gasteiger partial charge is 0.221 e. The Balaban J connectivity index is 1.56. The molecule has 0 N–H and O–H groups in total. The molecule has 0 fully saturated rings. The number of aryl methyl sites for hydroxylation is 1. The molecule has 0 atom stereocenters. The summed E-state index contributed by atoms with van der Waals surface area (Å²) in [7, 11) is 1.86. The molecule has 0 aliphatic rings. The molecule has 0 aliphatic heterocycles. The Kier molecular flexibility index (Phi) is 3.22. The quantitative estimate of drug-likeness (QED) is 0.447. The Bertz CT molecular complexity index is 1250. The SMILES string of the molecule is Cn1cc(-c2cnc3nnn(Cc4cc[n+]5ccc(Cl)n5c4)c3n2)cn1. The maximum Gasteiger partial charge on any atom is 0.221 e. The highest BCUT2D eigenvalue weighted by molar-refractivity contribution is 6.29. The van der Waals surface area contributed by atoms with E-state index in [1.165, 1.54) is 0 Å². The minimum atomic E-state index is 0.507.